The minimum absolute atomic E-state index is 0.114. The van der Waals surface area contributed by atoms with Crippen LogP contribution in [0.15, 0.2) is 28.8 Å². The van der Waals surface area contributed by atoms with Crippen LogP contribution in [0, 0.1) is 5.82 Å². The van der Waals surface area contributed by atoms with E-state index < -0.39 is 6.04 Å². The van der Waals surface area contributed by atoms with Gasteiger partial charge in [0.25, 0.3) is 0 Å². The van der Waals surface area contributed by atoms with Gasteiger partial charge in [0.2, 0.25) is 11.7 Å². The van der Waals surface area contributed by atoms with E-state index in [0.717, 1.165) is 12.8 Å². The summed E-state index contributed by atoms with van der Waals surface area (Å²) in [5.41, 5.74) is 0.644. The first-order valence-corrected chi connectivity index (χ1v) is 7.86. The van der Waals surface area contributed by atoms with Crippen LogP contribution in [0.25, 0.3) is 11.4 Å². The Bertz CT molecular complexity index is 683. The van der Waals surface area contributed by atoms with E-state index >= 15 is 0 Å². The number of nitrogens with one attached hydrogen (secondary N) is 2. The molecule has 128 valence electrons. The quantitative estimate of drug-likeness (QED) is 0.896. The molecule has 2 aromatic rings. The average Bonchev–Trinajstić information content (AvgIpc) is 3.06. The smallest absolute Gasteiger partial charge is 0.315 e. The molecule has 0 bridgehead atoms. The number of amides is 2. The highest BCUT2D eigenvalue weighted by Gasteiger charge is 2.20. The number of hydrogen-bond acceptors (Lipinski definition) is 5. The van der Waals surface area contributed by atoms with E-state index in [9.17, 15) is 9.18 Å². The fourth-order valence-electron chi connectivity index (χ4n) is 2.45. The Balaban J connectivity index is 1.57. The normalized spacial score (nSPS) is 16.6. The number of nitrogens with zero attached hydrogens (tertiary/aromatic N) is 2. The molecule has 1 saturated heterocycles. The third kappa shape index (κ3) is 4.08. The number of urea groups is 1. The molecule has 1 fully saturated rings. The zero-order valence-corrected chi connectivity index (χ0v) is 13.3. The Morgan fingerprint density at radius 1 is 1.29 bits per heavy atom. The summed E-state index contributed by atoms with van der Waals surface area (Å²) in [6.07, 6.45) is 1.61. The molecule has 0 aliphatic carbocycles. The molecule has 2 heterocycles. The Kier molecular flexibility index (Phi) is 5.05. The second-order valence-corrected chi connectivity index (χ2v) is 5.69. The molecule has 0 radical (unpaired) electrons. The lowest BCUT2D eigenvalue weighted by atomic mass is 10.1. The maximum Gasteiger partial charge on any atom is 0.315 e. The van der Waals surface area contributed by atoms with Crippen molar-refractivity contribution in [2.24, 2.45) is 0 Å². The molecule has 1 aromatic carbocycles. The van der Waals surface area contributed by atoms with Crippen molar-refractivity contribution in [2.75, 3.05) is 13.2 Å². The van der Waals surface area contributed by atoms with Gasteiger partial charge in [-0.15, -0.1) is 0 Å². The Morgan fingerprint density at radius 3 is 2.71 bits per heavy atom. The summed E-state index contributed by atoms with van der Waals surface area (Å²) >= 11 is 0. The van der Waals surface area contributed by atoms with E-state index in [-0.39, 0.29) is 23.8 Å². The van der Waals surface area contributed by atoms with Crippen LogP contribution in [-0.2, 0) is 4.74 Å². The molecule has 0 spiro atoms. The van der Waals surface area contributed by atoms with Gasteiger partial charge in [0.05, 0.1) is 0 Å². The van der Waals surface area contributed by atoms with Gasteiger partial charge in [-0.3, -0.25) is 0 Å². The minimum atomic E-state index is -0.438. The monoisotopic (exact) mass is 334 g/mol. The summed E-state index contributed by atoms with van der Waals surface area (Å²) in [7, 11) is 0. The van der Waals surface area contributed by atoms with Gasteiger partial charge in [-0.25, -0.2) is 9.18 Å². The summed E-state index contributed by atoms with van der Waals surface area (Å²) in [5, 5.41) is 9.54. The number of benzene rings is 1. The Labute approximate surface area is 138 Å². The molecule has 1 aromatic heterocycles. The fourth-order valence-corrected chi connectivity index (χ4v) is 2.45. The van der Waals surface area contributed by atoms with Crippen molar-refractivity contribution in [2.45, 2.75) is 31.8 Å². The van der Waals surface area contributed by atoms with Gasteiger partial charge in [0.1, 0.15) is 11.9 Å². The van der Waals surface area contributed by atoms with Gasteiger partial charge in [0.15, 0.2) is 0 Å². The molecule has 8 heteroatoms. The van der Waals surface area contributed by atoms with E-state index in [0.29, 0.717) is 24.6 Å². The maximum absolute atomic E-state index is 12.9. The number of aromatic nitrogens is 2. The van der Waals surface area contributed by atoms with Crippen LogP contribution in [0.3, 0.4) is 0 Å². The lowest BCUT2D eigenvalue weighted by Gasteiger charge is -2.23. The van der Waals surface area contributed by atoms with Crippen LogP contribution in [-0.4, -0.2) is 35.4 Å². The molecule has 1 unspecified atom stereocenters. The SMILES string of the molecule is CC(NC(=O)NC1CCOCC1)c1nc(-c2ccc(F)cc2)no1. The van der Waals surface area contributed by atoms with Gasteiger partial charge in [-0.2, -0.15) is 4.98 Å². The Hall–Kier alpha value is -2.48. The van der Waals surface area contributed by atoms with E-state index in [4.69, 9.17) is 9.26 Å². The third-order valence-electron chi connectivity index (χ3n) is 3.82. The maximum atomic E-state index is 12.9. The molecule has 2 amide bonds. The molecule has 1 atom stereocenters. The van der Waals surface area contributed by atoms with Crippen LogP contribution < -0.4 is 10.6 Å². The van der Waals surface area contributed by atoms with Crippen molar-refractivity contribution < 1.29 is 18.4 Å². The lowest BCUT2D eigenvalue weighted by molar-refractivity contribution is 0.0799. The molecule has 3 rings (SSSR count). The summed E-state index contributed by atoms with van der Waals surface area (Å²) in [4.78, 5) is 16.3. The number of ether oxygens (including phenoxy) is 1. The third-order valence-corrected chi connectivity index (χ3v) is 3.82. The summed E-state index contributed by atoms with van der Waals surface area (Å²) in [6.45, 7) is 3.07. The predicted molar refractivity (Wildman–Crippen MR) is 83.6 cm³/mol. The molecular formula is C16H19FN4O3. The zero-order chi connectivity index (χ0) is 16.9. The highest BCUT2D eigenvalue weighted by molar-refractivity contribution is 5.74. The van der Waals surface area contributed by atoms with Crippen molar-refractivity contribution in [1.82, 2.24) is 20.8 Å². The van der Waals surface area contributed by atoms with Gasteiger partial charge in [-0.05, 0) is 44.0 Å². The van der Waals surface area contributed by atoms with Crippen LogP contribution in [0.5, 0.6) is 0 Å². The van der Waals surface area contributed by atoms with Crippen molar-refractivity contribution in [3.8, 4) is 11.4 Å². The number of hydrogen-bond donors (Lipinski definition) is 2. The molecule has 24 heavy (non-hydrogen) atoms. The first-order valence-electron chi connectivity index (χ1n) is 7.86. The lowest BCUT2D eigenvalue weighted by Crippen LogP contribution is -2.45. The first kappa shape index (κ1) is 16.4. The van der Waals surface area contributed by atoms with Crippen molar-refractivity contribution >= 4 is 6.03 Å². The van der Waals surface area contributed by atoms with Crippen molar-refractivity contribution in [1.29, 1.82) is 0 Å². The van der Waals surface area contributed by atoms with Gasteiger partial charge in [0, 0.05) is 24.8 Å². The summed E-state index contributed by atoms with van der Waals surface area (Å²) < 4.78 is 23.4. The number of halogens is 1. The molecule has 7 nitrogen and oxygen atoms in total. The fraction of sp³-hybridized carbons (Fsp3) is 0.438. The largest absolute Gasteiger partial charge is 0.381 e. The zero-order valence-electron chi connectivity index (χ0n) is 13.3. The van der Waals surface area contributed by atoms with Gasteiger partial charge in [-0.1, -0.05) is 5.16 Å². The van der Waals surface area contributed by atoms with Gasteiger partial charge < -0.3 is 19.9 Å². The minimum Gasteiger partial charge on any atom is -0.381 e. The first-order chi connectivity index (χ1) is 11.6. The Morgan fingerprint density at radius 2 is 2.00 bits per heavy atom. The molecule has 1 aliphatic rings. The molecule has 2 N–H and O–H groups in total. The predicted octanol–water partition coefficient (Wildman–Crippen LogP) is 2.41. The highest BCUT2D eigenvalue weighted by Crippen LogP contribution is 2.19. The molecular weight excluding hydrogens is 315 g/mol. The van der Waals surface area contributed by atoms with Crippen LogP contribution in [0.2, 0.25) is 0 Å². The second kappa shape index (κ2) is 7.39. The second-order valence-electron chi connectivity index (χ2n) is 5.69. The summed E-state index contributed by atoms with van der Waals surface area (Å²) in [5.74, 6) is 0.308. The average molecular weight is 334 g/mol. The van der Waals surface area contributed by atoms with Crippen molar-refractivity contribution in [3.05, 3.63) is 36.0 Å². The number of carbonyl (C=O) groups excluding carboxylic acids is 1. The van der Waals surface area contributed by atoms with Crippen LogP contribution in [0.4, 0.5) is 9.18 Å². The standard InChI is InChI=1S/C16H19FN4O3/c1-10(18-16(22)19-13-6-8-23-9-7-13)15-20-14(21-24-15)11-2-4-12(17)5-3-11/h2-5,10,13H,6-9H2,1H3,(H2,18,19,22). The van der Waals surface area contributed by atoms with Crippen LogP contribution in [0.1, 0.15) is 31.7 Å². The van der Waals surface area contributed by atoms with E-state index in [1.807, 2.05) is 0 Å². The van der Waals surface area contributed by atoms with Gasteiger partial charge >= 0.3 is 6.03 Å². The molecule has 0 saturated carbocycles. The summed E-state index contributed by atoms with van der Waals surface area (Å²) in [6, 6.07) is 5.19. The van der Waals surface area contributed by atoms with Crippen molar-refractivity contribution in [3.63, 3.8) is 0 Å². The number of carbonyl (C=O) groups is 1. The van der Waals surface area contributed by atoms with E-state index in [1.54, 1.807) is 19.1 Å². The topological polar surface area (TPSA) is 89.3 Å². The molecule has 1 aliphatic heterocycles. The highest BCUT2D eigenvalue weighted by atomic mass is 19.1. The van der Waals surface area contributed by atoms with E-state index in [2.05, 4.69) is 20.8 Å². The van der Waals surface area contributed by atoms with E-state index in [1.165, 1.54) is 12.1 Å². The van der Waals surface area contributed by atoms with Crippen LogP contribution >= 0.6 is 0 Å². The number of rotatable bonds is 4.